The second-order valence-electron chi connectivity index (χ2n) is 1.71. The lowest BCUT2D eigenvalue weighted by atomic mass is 10.5. The summed E-state index contributed by atoms with van der Waals surface area (Å²) in [5.74, 6) is 0. The summed E-state index contributed by atoms with van der Waals surface area (Å²) in [5.41, 5.74) is 0. The Kier molecular flexibility index (Phi) is 2.30. The van der Waals surface area contributed by atoms with Crippen LogP contribution < -0.4 is 0 Å². The molecule has 1 aliphatic heterocycles. The number of rotatable bonds is 2. The summed E-state index contributed by atoms with van der Waals surface area (Å²) < 4.78 is 5.16. The minimum absolute atomic E-state index is 0.437. The van der Waals surface area contributed by atoms with Crippen LogP contribution in [0.2, 0.25) is 0 Å². The first-order valence-corrected chi connectivity index (χ1v) is 4.28. The molecule has 0 saturated heterocycles. The summed E-state index contributed by atoms with van der Waals surface area (Å²) in [6, 6.07) is 0. The van der Waals surface area contributed by atoms with Crippen LogP contribution in [-0.4, -0.2) is 12.2 Å². The molecule has 0 saturated carbocycles. The monoisotopic (exact) mass is 145 g/mol. The third kappa shape index (κ3) is 1.34. The van der Waals surface area contributed by atoms with Gasteiger partial charge in [0.05, 0.1) is 5.04 Å². The van der Waals surface area contributed by atoms with E-state index in [2.05, 4.69) is 11.9 Å². The molecule has 0 aromatic heterocycles. The quantitative estimate of drug-likeness (QED) is 0.588. The van der Waals surface area contributed by atoms with Crippen molar-refractivity contribution >= 4 is 16.2 Å². The Morgan fingerprint density at radius 1 is 1.78 bits per heavy atom. The second-order valence-corrected chi connectivity index (χ2v) is 3.54. The Morgan fingerprint density at radius 2 is 2.56 bits per heavy atom. The number of hydrogen-bond acceptors (Lipinski definition) is 2. The SMILES string of the molecule is CCC1=NC=C[SH]1OC. The first kappa shape index (κ1) is 6.83. The molecule has 9 heavy (non-hydrogen) atoms. The molecular weight excluding hydrogens is 134 g/mol. The van der Waals surface area contributed by atoms with Gasteiger partial charge in [-0.1, -0.05) is 18.1 Å². The van der Waals surface area contributed by atoms with Crippen LogP contribution in [0.1, 0.15) is 13.3 Å². The van der Waals surface area contributed by atoms with E-state index in [9.17, 15) is 0 Å². The van der Waals surface area contributed by atoms with Crippen LogP contribution in [0.3, 0.4) is 0 Å². The van der Waals surface area contributed by atoms with E-state index in [0.717, 1.165) is 6.42 Å². The Morgan fingerprint density at radius 3 is 3.00 bits per heavy atom. The summed E-state index contributed by atoms with van der Waals surface area (Å²) >= 11 is -0.437. The van der Waals surface area contributed by atoms with Crippen molar-refractivity contribution < 1.29 is 4.18 Å². The predicted octanol–water partition coefficient (Wildman–Crippen LogP) is 1.84. The van der Waals surface area contributed by atoms with Gasteiger partial charge in [0.15, 0.2) is 0 Å². The van der Waals surface area contributed by atoms with Gasteiger partial charge < -0.3 is 4.18 Å². The molecule has 2 nitrogen and oxygen atoms in total. The van der Waals surface area contributed by atoms with E-state index in [1.54, 1.807) is 7.11 Å². The molecular formula is C6H11NOS. The van der Waals surface area contributed by atoms with E-state index in [0.29, 0.717) is 0 Å². The summed E-state index contributed by atoms with van der Waals surface area (Å²) in [5, 5.41) is 3.21. The smallest absolute Gasteiger partial charge is 0.0791 e. The highest BCUT2D eigenvalue weighted by molar-refractivity contribution is 8.28. The lowest BCUT2D eigenvalue weighted by Crippen LogP contribution is -1.92. The zero-order valence-corrected chi connectivity index (χ0v) is 6.56. The fourth-order valence-corrected chi connectivity index (χ4v) is 1.92. The summed E-state index contributed by atoms with van der Waals surface area (Å²) in [7, 11) is 1.73. The minimum atomic E-state index is -0.437. The number of aliphatic imine (C=N–C) groups is 1. The molecule has 0 spiro atoms. The summed E-state index contributed by atoms with van der Waals surface area (Å²) in [4.78, 5) is 4.15. The Labute approximate surface area is 58.2 Å². The largest absolute Gasteiger partial charge is 0.333 e. The van der Waals surface area contributed by atoms with Gasteiger partial charge >= 0.3 is 0 Å². The average Bonchev–Trinajstić information content (AvgIpc) is 2.33. The van der Waals surface area contributed by atoms with E-state index < -0.39 is 11.2 Å². The molecule has 0 radical (unpaired) electrons. The maximum Gasteiger partial charge on any atom is 0.0791 e. The van der Waals surface area contributed by atoms with Crippen LogP contribution in [0, 0.1) is 0 Å². The molecule has 0 aliphatic carbocycles. The van der Waals surface area contributed by atoms with E-state index in [1.165, 1.54) is 5.04 Å². The molecule has 3 heteroatoms. The molecule has 0 amide bonds. The van der Waals surface area contributed by atoms with Crippen molar-refractivity contribution in [2.24, 2.45) is 4.99 Å². The molecule has 0 N–H and O–H groups in total. The van der Waals surface area contributed by atoms with Gasteiger partial charge in [-0.15, -0.1) is 0 Å². The van der Waals surface area contributed by atoms with Crippen LogP contribution in [0.15, 0.2) is 16.6 Å². The standard InChI is InChI=1S/C6H11NOS/c1-3-6-7-4-5-9(6)8-2/h4-5,9H,3H2,1-2H3. The third-order valence-electron chi connectivity index (χ3n) is 1.19. The van der Waals surface area contributed by atoms with E-state index >= 15 is 0 Å². The van der Waals surface area contributed by atoms with Crippen molar-refractivity contribution in [2.75, 3.05) is 7.11 Å². The maximum absolute atomic E-state index is 5.16. The van der Waals surface area contributed by atoms with Gasteiger partial charge in [-0.3, -0.25) is 4.99 Å². The first-order chi connectivity index (χ1) is 4.38. The molecule has 0 aromatic rings. The Balaban J connectivity index is 2.55. The van der Waals surface area contributed by atoms with E-state index in [-0.39, 0.29) is 0 Å². The van der Waals surface area contributed by atoms with Gasteiger partial charge in [0.2, 0.25) is 0 Å². The lowest BCUT2D eigenvalue weighted by Gasteiger charge is -2.10. The zero-order chi connectivity index (χ0) is 6.69. The van der Waals surface area contributed by atoms with Gasteiger partial charge in [-0.05, 0) is 11.8 Å². The second kappa shape index (κ2) is 3.03. The van der Waals surface area contributed by atoms with Crippen molar-refractivity contribution in [3.63, 3.8) is 0 Å². The fourth-order valence-electron chi connectivity index (χ4n) is 0.736. The molecule has 1 heterocycles. The highest BCUT2D eigenvalue weighted by Gasteiger charge is 2.08. The van der Waals surface area contributed by atoms with Crippen molar-refractivity contribution in [1.29, 1.82) is 0 Å². The lowest BCUT2D eigenvalue weighted by molar-refractivity contribution is 0.489. The Hall–Kier alpha value is -0.280. The van der Waals surface area contributed by atoms with E-state index in [1.807, 2.05) is 11.6 Å². The van der Waals surface area contributed by atoms with Crippen LogP contribution in [0.5, 0.6) is 0 Å². The Bertz CT molecular complexity index is 153. The van der Waals surface area contributed by atoms with Crippen LogP contribution in [0.4, 0.5) is 0 Å². The van der Waals surface area contributed by atoms with Crippen molar-refractivity contribution in [3.8, 4) is 0 Å². The van der Waals surface area contributed by atoms with Gasteiger partial charge in [0, 0.05) is 13.3 Å². The van der Waals surface area contributed by atoms with Crippen LogP contribution >= 0.6 is 11.2 Å². The topological polar surface area (TPSA) is 21.6 Å². The zero-order valence-electron chi connectivity index (χ0n) is 5.66. The van der Waals surface area contributed by atoms with Gasteiger partial charge in [0.25, 0.3) is 0 Å². The van der Waals surface area contributed by atoms with Crippen molar-refractivity contribution in [3.05, 3.63) is 11.6 Å². The highest BCUT2D eigenvalue weighted by Crippen LogP contribution is 2.34. The van der Waals surface area contributed by atoms with Crippen LogP contribution in [0.25, 0.3) is 0 Å². The summed E-state index contributed by atoms with van der Waals surface area (Å²) in [6.45, 7) is 2.10. The van der Waals surface area contributed by atoms with Crippen molar-refractivity contribution in [2.45, 2.75) is 13.3 Å². The summed E-state index contributed by atoms with van der Waals surface area (Å²) in [6.07, 6.45) is 2.83. The van der Waals surface area contributed by atoms with E-state index in [4.69, 9.17) is 4.18 Å². The van der Waals surface area contributed by atoms with Crippen LogP contribution in [-0.2, 0) is 4.18 Å². The molecule has 0 bridgehead atoms. The minimum Gasteiger partial charge on any atom is -0.333 e. The molecule has 1 rings (SSSR count). The van der Waals surface area contributed by atoms with Gasteiger partial charge in [-0.25, -0.2) is 0 Å². The van der Waals surface area contributed by atoms with Crippen molar-refractivity contribution in [1.82, 2.24) is 0 Å². The first-order valence-electron chi connectivity index (χ1n) is 2.95. The molecule has 1 aliphatic rings. The average molecular weight is 145 g/mol. The maximum atomic E-state index is 5.16. The highest BCUT2D eigenvalue weighted by atomic mass is 32.2. The number of nitrogens with zero attached hydrogens (tertiary/aromatic N) is 1. The fraction of sp³-hybridized carbons (Fsp3) is 0.500. The normalized spacial score (nSPS) is 28.7. The molecule has 52 valence electrons. The van der Waals surface area contributed by atoms with Gasteiger partial charge in [0.1, 0.15) is 0 Å². The molecule has 1 unspecified atom stereocenters. The number of hydrogen-bond donors (Lipinski definition) is 1. The van der Waals surface area contributed by atoms with Gasteiger partial charge in [-0.2, -0.15) is 0 Å². The molecule has 0 fully saturated rings. The molecule has 1 atom stereocenters. The molecule has 0 aromatic carbocycles. The third-order valence-corrected chi connectivity index (χ3v) is 2.93. The predicted molar refractivity (Wildman–Crippen MR) is 42.9 cm³/mol. The number of thiol groups is 1.